The van der Waals surface area contributed by atoms with Crippen molar-refractivity contribution in [2.45, 2.75) is 52.1 Å². The highest BCUT2D eigenvalue weighted by atomic mass is 16.3. The first kappa shape index (κ1) is 11.0. The fourth-order valence-corrected chi connectivity index (χ4v) is 2.25. The van der Waals surface area contributed by atoms with Gasteiger partial charge >= 0.3 is 0 Å². The van der Waals surface area contributed by atoms with Crippen molar-refractivity contribution in [3.63, 3.8) is 0 Å². The molecule has 13 heavy (non-hydrogen) atoms. The lowest BCUT2D eigenvalue weighted by Gasteiger charge is -2.40. The number of aliphatic hydroxyl groups excluding tert-OH is 1. The molecule has 1 saturated heterocycles. The second-order valence-corrected chi connectivity index (χ2v) is 4.61. The Morgan fingerprint density at radius 3 is 2.31 bits per heavy atom. The minimum atomic E-state index is 0.315. The lowest BCUT2D eigenvalue weighted by atomic mass is 9.96. The van der Waals surface area contributed by atoms with E-state index in [0.717, 1.165) is 6.54 Å². The van der Waals surface area contributed by atoms with Gasteiger partial charge in [0.1, 0.15) is 0 Å². The van der Waals surface area contributed by atoms with Gasteiger partial charge in [0.2, 0.25) is 0 Å². The Hall–Kier alpha value is -0.0800. The molecule has 0 saturated carbocycles. The van der Waals surface area contributed by atoms with Crippen LogP contribution in [0.25, 0.3) is 0 Å². The van der Waals surface area contributed by atoms with Gasteiger partial charge in [0.15, 0.2) is 0 Å². The van der Waals surface area contributed by atoms with Crippen LogP contribution in [0.3, 0.4) is 0 Å². The molecule has 1 fully saturated rings. The lowest BCUT2D eigenvalue weighted by molar-refractivity contribution is 0.0725. The Balaban J connectivity index is 2.43. The van der Waals surface area contributed by atoms with Gasteiger partial charge in [-0.25, -0.2) is 0 Å². The number of likely N-dealkylation sites (tertiary alicyclic amines) is 1. The largest absolute Gasteiger partial charge is 0.396 e. The van der Waals surface area contributed by atoms with Gasteiger partial charge in [0, 0.05) is 25.2 Å². The predicted octanol–water partition coefficient (Wildman–Crippen LogP) is 1.88. The van der Waals surface area contributed by atoms with Crippen molar-refractivity contribution < 1.29 is 5.11 Å². The zero-order chi connectivity index (χ0) is 9.84. The molecule has 0 aliphatic carbocycles. The number of aliphatic hydroxyl groups is 1. The summed E-state index contributed by atoms with van der Waals surface area (Å²) in [6, 6.07) is 1.41. The van der Waals surface area contributed by atoms with E-state index in [1.807, 2.05) is 0 Å². The molecule has 0 bridgehead atoms. The maximum absolute atomic E-state index is 9.01. The van der Waals surface area contributed by atoms with E-state index in [2.05, 4.69) is 25.7 Å². The third-order valence-electron chi connectivity index (χ3n) is 3.21. The molecule has 3 atom stereocenters. The minimum Gasteiger partial charge on any atom is -0.396 e. The maximum atomic E-state index is 9.01. The van der Waals surface area contributed by atoms with Crippen LogP contribution in [0.2, 0.25) is 0 Å². The molecular formula is C11H23NO. The van der Waals surface area contributed by atoms with Crippen LogP contribution in [-0.4, -0.2) is 35.2 Å². The van der Waals surface area contributed by atoms with Gasteiger partial charge in [-0.15, -0.1) is 0 Å². The molecule has 1 aliphatic rings. The van der Waals surface area contributed by atoms with E-state index in [1.165, 1.54) is 19.3 Å². The van der Waals surface area contributed by atoms with Crippen molar-refractivity contribution in [2.24, 2.45) is 5.92 Å². The van der Waals surface area contributed by atoms with Crippen molar-refractivity contribution in [2.75, 3.05) is 13.2 Å². The van der Waals surface area contributed by atoms with Gasteiger partial charge in [-0.1, -0.05) is 13.3 Å². The number of hydrogen-bond acceptors (Lipinski definition) is 2. The highest BCUT2D eigenvalue weighted by Gasteiger charge is 2.25. The van der Waals surface area contributed by atoms with Crippen molar-refractivity contribution >= 4 is 0 Å². The first-order valence-corrected chi connectivity index (χ1v) is 5.51. The summed E-state index contributed by atoms with van der Waals surface area (Å²) in [7, 11) is 0. The van der Waals surface area contributed by atoms with Crippen molar-refractivity contribution in [1.82, 2.24) is 4.90 Å². The molecule has 0 aromatic heterocycles. The fourth-order valence-electron chi connectivity index (χ4n) is 2.25. The fraction of sp³-hybridized carbons (Fsp3) is 1.00. The van der Waals surface area contributed by atoms with Gasteiger partial charge in [-0.3, -0.25) is 4.90 Å². The molecular weight excluding hydrogens is 162 g/mol. The number of nitrogens with zero attached hydrogens (tertiary/aromatic N) is 1. The Morgan fingerprint density at radius 1 is 1.31 bits per heavy atom. The van der Waals surface area contributed by atoms with Crippen LogP contribution in [0.4, 0.5) is 0 Å². The molecule has 0 radical (unpaired) electrons. The highest BCUT2D eigenvalue weighted by molar-refractivity contribution is 4.80. The molecule has 1 heterocycles. The van der Waals surface area contributed by atoms with Crippen LogP contribution in [-0.2, 0) is 0 Å². The summed E-state index contributed by atoms with van der Waals surface area (Å²) in [5.74, 6) is 0.419. The van der Waals surface area contributed by atoms with Crippen molar-refractivity contribution in [1.29, 1.82) is 0 Å². The quantitative estimate of drug-likeness (QED) is 0.725. The Kier molecular flexibility index (Phi) is 4.20. The molecule has 0 amide bonds. The zero-order valence-electron chi connectivity index (χ0n) is 9.16. The Labute approximate surface area is 81.9 Å². The van der Waals surface area contributed by atoms with E-state index in [4.69, 9.17) is 5.11 Å². The molecule has 1 aliphatic heterocycles. The monoisotopic (exact) mass is 185 g/mol. The first-order chi connectivity index (χ1) is 6.15. The third-order valence-corrected chi connectivity index (χ3v) is 3.21. The number of piperidine rings is 1. The van der Waals surface area contributed by atoms with Crippen LogP contribution in [0.1, 0.15) is 40.0 Å². The van der Waals surface area contributed by atoms with Gasteiger partial charge in [-0.05, 0) is 32.6 Å². The molecule has 2 nitrogen and oxygen atoms in total. The van der Waals surface area contributed by atoms with Crippen LogP contribution in [0.5, 0.6) is 0 Å². The van der Waals surface area contributed by atoms with E-state index in [9.17, 15) is 0 Å². The topological polar surface area (TPSA) is 23.5 Å². The van der Waals surface area contributed by atoms with Crippen molar-refractivity contribution in [3.05, 3.63) is 0 Å². The summed E-state index contributed by atoms with van der Waals surface area (Å²) < 4.78 is 0. The summed E-state index contributed by atoms with van der Waals surface area (Å²) in [6.07, 6.45) is 4.01. The third kappa shape index (κ3) is 2.96. The van der Waals surface area contributed by atoms with E-state index in [-0.39, 0.29) is 0 Å². The predicted molar refractivity (Wildman–Crippen MR) is 55.7 cm³/mol. The van der Waals surface area contributed by atoms with Gasteiger partial charge in [0.05, 0.1) is 0 Å². The van der Waals surface area contributed by atoms with E-state index in [1.54, 1.807) is 0 Å². The smallest absolute Gasteiger partial charge is 0.0468 e. The van der Waals surface area contributed by atoms with Gasteiger partial charge in [-0.2, -0.15) is 0 Å². The van der Waals surface area contributed by atoms with Gasteiger partial charge in [0.25, 0.3) is 0 Å². The molecule has 2 heteroatoms. The summed E-state index contributed by atoms with van der Waals surface area (Å²) >= 11 is 0. The molecule has 1 unspecified atom stereocenters. The SMILES string of the molecule is CC(CO)CN1[C@H](C)CCC[C@@H]1C. The summed E-state index contributed by atoms with van der Waals surface area (Å²) in [6.45, 7) is 8.10. The van der Waals surface area contributed by atoms with Crippen LogP contribution in [0, 0.1) is 5.92 Å². The number of hydrogen-bond donors (Lipinski definition) is 1. The average molecular weight is 185 g/mol. The van der Waals surface area contributed by atoms with E-state index >= 15 is 0 Å². The second kappa shape index (κ2) is 4.97. The van der Waals surface area contributed by atoms with E-state index in [0.29, 0.717) is 24.6 Å². The summed E-state index contributed by atoms with van der Waals surface area (Å²) in [5, 5.41) is 9.01. The second-order valence-electron chi connectivity index (χ2n) is 4.61. The van der Waals surface area contributed by atoms with Gasteiger partial charge < -0.3 is 5.11 Å². The molecule has 0 aromatic carbocycles. The highest BCUT2D eigenvalue weighted by Crippen LogP contribution is 2.23. The van der Waals surface area contributed by atoms with Crippen LogP contribution < -0.4 is 0 Å². The number of rotatable bonds is 3. The molecule has 1 N–H and O–H groups in total. The molecule has 0 aromatic rings. The minimum absolute atomic E-state index is 0.315. The lowest BCUT2D eigenvalue weighted by Crippen LogP contribution is -2.46. The maximum Gasteiger partial charge on any atom is 0.0468 e. The summed E-state index contributed by atoms with van der Waals surface area (Å²) in [4.78, 5) is 2.55. The van der Waals surface area contributed by atoms with Crippen LogP contribution in [0.15, 0.2) is 0 Å². The van der Waals surface area contributed by atoms with Crippen LogP contribution >= 0.6 is 0 Å². The summed E-state index contributed by atoms with van der Waals surface area (Å²) in [5.41, 5.74) is 0. The Bertz CT molecular complexity index is 139. The van der Waals surface area contributed by atoms with Crippen molar-refractivity contribution in [3.8, 4) is 0 Å². The normalized spacial score (nSPS) is 33.2. The molecule has 0 spiro atoms. The van der Waals surface area contributed by atoms with E-state index < -0.39 is 0 Å². The Morgan fingerprint density at radius 2 is 1.85 bits per heavy atom. The standard InChI is InChI=1S/C11H23NO/c1-9(8-13)7-12-10(2)5-4-6-11(12)3/h9-11,13H,4-8H2,1-3H3/t9?,10-,11+. The molecule has 1 rings (SSSR count). The average Bonchev–Trinajstić information content (AvgIpc) is 2.11. The first-order valence-electron chi connectivity index (χ1n) is 5.51. The molecule has 78 valence electrons. The zero-order valence-corrected chi connectivity index (χ0v) is 9.16.